The average molecular weight is 585 g/mol. The van der Waals surface area contributed by atoms with Crippen LogP contribution >= 0.6 is 11.6 Å². The highest BCUT2D eigenvalue weighted by Gasteiger charge is 2.33. The Morgan fingerprint density at radius 3 is 2.15 bits per heavy atom. The summed E-state index contributed by atoms with van der Waals surface area (Å²) in [5.41, 5.74) is -2.46. The molecule has 0 heterocycles. The molecule has 1 fully saturated rings. The number of hydrogen-bond acceptors (Lipinski definition) is 6. The van der Waals surface area contributed by atoms with E-state index in [-0.39, 0.29) is 34.9 Å². The summed E-state index contributed by atoms with van der Waals surface area (Å²) >= 11 is 5.68. The van der Waals surface area contributed by atoms with Crippen LogP contribution in [0.4, 0.5) is 35.0 Å². The van der Waals surface area contributed by atoms with E-state index in [1.807, 2.05) is 0 Å². The van der Waals surface area contributed by atoms with Crippen LogP contribution in [0.3, 0.4) is 0 Å². The standard InChI is InChI=1S/C25H24ClF3N4O5S/c26-19-12-17(10-11-18(19)25(27,28)29)32-24(36)31-16-8-6-15(7-9-16)30-20-21(23(35)22(20)34)33-39(37,38)13-14-4-2-1-3-5-14/h1-5,10-12,15-16,30,33H,6-9,13H2,(H2,31,32,36). The number of halogens is 4. The molecule has 3 aromatic carbocycles. The monoisotopic (exact) mass is 584 g/mol. The van der Waals surface area contributed by atoms with Gasteiger partial charge in [-0.05, 0) is 49.4 Å². The molecule has 4 rings (SSSR count). The van der Waals surface area contributed by atoms with E-state index < -0.39 is 43.7 Å². The zero-order valence-corrected chi connectivity index (χ0v) is 21.8. The Hall–Kier alpha value is -3.58. The summed E-state index contributed by atoms with van der Waals surface area (Å²) in [6, 6.07) is 10.2. The number of carbonyl (C=O) groups is 1. The van der Waals surface area contributed by atoms with Gasteiger partial charge in [0, 0.05) is 17.8 Å². The molecule has 0 aromatic heterocycles. The van der Waals surface area contributed by atoms with E-state index in [0.29, 0.717) is 31.2 Å². The molecule has 0 aliphatic heterocycles. The molecule has 1 aliphatic carbocycles. The lowest BCUT2D eigenvalue weighted by Gasteiger charge is -2.31. The normalized spacial score (nSPS) is 17.9. The van der Waals surface area contributed by atoms with Crippen molar-refractivity contribution in [1.82, 2.24) is 5.32 Å². The van der Waals surface area contributed by atoms with Gasteiger partial charge in [-0.1, -0.05) is 41.9 Å². The minimum Gasteiger partial charge on any atom is -0.377 e. The molecular weight excluding hydrogens is 561 g/mol. The topological polar surface area (TPSA) is 133 Å². The molecule has 0 spiro atoms. The molecule has 0 radical (unpaired) electrons. The number of sulfonamides is 1. The van der Waals surface area contributed by atoms with Crippen molar-refractivity contribution in [2.45, 2.75) is 49.7 Å². The van der Waals surface area contributed by atoms with Gasteiger partial charge in [-0.15, -0.1) is 0 Å². The fourth-order valence-corrected chi connectivity index (χ4v) is 5.87. The molecule has 0 atom stereocenters. The number of hydrogen-bond donors (Lipinski definition) is 4. The average Bonchev–Trinajstić information content (AvgIpc) is 2.86. The van der Waals surface area contributed by atoms with E-state index in [0.717, 1.165) is 18.2 Å². The third-order valence-electron chi connectivity index (χ3n) is 6.31. The molecule has 14 heteroatoms. The summed E-state index contributed by atoms with van der Waals surface area (Å²) in [6.07, 6.45) is -2.59. The van der Waals surface area contributed by atoms with E-state index >= 15 is 0 Å². The Kier molecular flexibility index (Phi) is 8.21. The van der Waals surface area contributed by atoms with Gasteiger partial charge in [-0.2, -0.15) is 13.2 Å². The molecular formula is C25H24ClF3N4O5S. The van der Waals surface area contributed by atoms with Crippen LogP contribution in [0.15, 0.2) is 58.1 Å². The maximum atomic E-state index is 12.8. The quantitative estimate of drug-likeness (QED) is 0.289. The summed E-state index contributed by atoms with van der Waals surface area (Å²) in [4.78, 5) is 36.5. The van der Waals surface area contributed by atoms with E-state index in [4.69, 9.17) is 11.6 Å². The Balaban J connectivity index is 1.28. The Morgan fingerprint density at radius 2 is 1.54 bits per heavy atom. The van der Waals surface area contributed by atoms with Gasteiger partial charge in [0.05, 0.1) is 16.3 Å². The van der Waals surface area contributed by atoms with Crippen LogP contribution in [0.25, 0.3) is 0 Å². The lowest BCUT2D eigenvalue weighted by atomic mass is 9.91. The molecule has 2 amide bonds. The zero-order valence-electron chi connectivity index (χ0n) is 20.3. The van der Waals surface area contributed by atoms with Crippen LogP contribution in [-0.4, -0.2) is 26.5 Å². The van der Waals surface area contributed by atoms with Gasteiger partial charge >= 0.3 is 12.2 Å². The van der Waals surface area contributed by atoms with Crippen LogP contribution in [0.5, 0.6) is 0 Å². The summed E-state index contributed by atoms with van der Waals surface area (Å²) < 4.78 is 65.8. The molecule has 3 aromatic rings. The first-order chi connectivity index (χ1) is 18.3. The number of urea groups is 1. The molecule has 4 N–H and O–H groups in total. The smallest absolute Gasteiger partial charge is 0.377 e. The highest BCUT2D eigenvalue weighted by Crippen LogP contribution is 2.36. The number of rotatable bonds is 8. The Morgan fingerprint density at radius 1 is 0.923 bits per heavy atom. The largest absolute Gasteiger partial charge is 0.417 e. The summed E-state index contributed by atoms with van der Waals surface area (Å²) in [5, 5.41) is 7.62. The third kappa shape index (κ3) is 7.09. The highest BCUT2D eigenvalue weighted by molar-refractivity contribution is 7.91. The molecule has 208 valence electrons. The maximum Gasteiger partial charge on any atom is 0.417 e. The van der Waals surface area contributed by atoms with Crippen molar-refractivity contribution >= 4 is 44.7 Å². The lowest BCUT2D eigenvalue weighted by Crippen LogP contribution is -2.44. The fraction of sp³-hybridized carbons (Fsp3) is 0.320. The third-order valence-corrected chi connectivity index (χ3v) is 7.85. The van der Waals surface area contributed by atoms with E-state index in [9.17, 15) is 36.0 Å². The van der Waals surface area contributed by atoms with Gasteiger partial charge in [0.25, 0.3) is 10.9 Å². The zero-order chi connectivity index (χ0) is 28.4. The van der Waals surface area contributed by atoms with Crippen molar-refractivity contribution < 1.29 is 26.4 Å². The van der Waals surface area contributed by atoms with Crippen molar-refractivity contribution in [1.29, 1.82) is 0 Å². The summed E-state index contributed by atoms with van der Waals surface area (Å²) in [7, 11) is -3.92. The number of alkyl halides is 3. The van der Waals surface area contributed by atoms with Crippen molar-refractivity contribution in [3.8, 4) is 0 Å². The molecule has 9 nitrogen and oxygen atoms in total. The van der Waals surface area contributed by atoms with E-state index in [1.54, 1.807) is 30.3 Å². The number of nitrogens with one attached hydrogen (secondary N) is 4. The molecule has 0 saturated heterocycles. The van der Waals surface area contributed by atoms with Crippen LogP contribution < -0.4 is 31.5 Å². The van der Waals surface area contributed by atoms with Gasteiger partial charge in [-0.3, -0.25) is 14.3 Å². The van der Waals surface area contributed by atoms with Crippen LogP contribution in [0.2, 0.25) is 5.02 Å². The van der Waals surface area contributed by atoms with Crippen molar-refractivity contribution in [2.24, 2.45) is 0 Å². The first-order valence-corrected chi connectivity index (χ1v) is 13.9. The van der Waals surface area contributed by atoms with Crippen LogP contribution in [0.1, 0.15) is 36.8 Å². The van der Waals surface area contributed by atoms with Gasteiger partial charge in [0.1, 0.15) is 11.4 Å². The van der Waals surface area contributed by atoms with Gasteiger partial charge in [0.15, 0.2) is 0 Å². The second-order valence-corrected chi connectivity index (χ2v) is 11.4. The van der Waals surface area contributed by atoms with Crippen molar-refractivity contribution in [3.63, 3.8) is 0 Å². The second kappa shape index (κ2) is 11.3. The molecule has 1 aliphatic rings. The Labute approximate surface area is 226 Å². The van der Waals surface area contributed by atoms with Crippen LogP contribution in [0, 0.1) is 0 Å². The molecule has 39 heavy (non-hydrogen) atoms. The van der Waals surface area contributed by atoms with Crippen molar-refractivity contribution in [3.05, 3.63) is 85.1 Å². The van der Waals surface area contributed by atoms with Crippen molar-refractivity contribution in [2.75, 3.05) is 15.4 Å². The number of benzene rings is 2. The molecule has 1 saturated carbocycles. The molecule has 0 unspecified atom stereocenters. The minimum absolute atomic E-state index is 0.0787. The lowest BCUT2D eigenvalue weighted by molar-refractivity contribution is -0.137. The first-order valence-electron chi connectivity index (χ1n) is 11.9. The van der Waals surface area contributed by atoms with Gasteiger partial charge < -0.3 is 16.0 Å². The number of carbonyl (C=O) groups excluding carboxylic acids is 1. The first kappa shape index (κ1) is 28.4. The van der Waals surface area contributed by atoms with Gasteiger partial charge in [0.2, 0.25) is 10.0 Å². The highest BCUT2D eigenvalue weighted by atomic mass is 35.5. The summed E-state index contributed by atoms with van der Waals surface area (Å²) in [5.74, 6) is -0.358. The maximum absolute atomic E-state index is 12.8. The van der Waals surface area contributed by atoms with Gasteiger partial charge in [-0.25, -0.2) is 13.2 Å². The van der Waals surface area contributed by atoms with E-state index in [2.05, 4.69) is 20.7 Å². The van der Waals surface area contributed by atoms with Crippen LogP contribution in [-0.2, 0) is 22.0 Å². The van der Waals surface area contributed by atoms with E-state index in [1.165, 1.54) is 0 Å². The minimum atomic E-state index is -4.61. The summed E-state index contributed by atoms with van der Waals surface area (Å²) in [6.45, 7) is 0. The fourth-order valence-electron chi connectivity index (χ4n) is 4.37. The Bertz CT molecular complexity index is 1530. The SMILES string of the molecule is O=C(Nc1ccc(C(F)(F)F)c(Cl)c1)NC1CCC(Nc2c(NS(=O)(=O)Cc3ccccc3)c(=O)c2=O)CC1. The molecule has 0 bridgehead atoms. The number of anilines is 3. The predicted molar refractivity (Wildman–Crippen MR) is 142 cm³/mol. The second-order valence-electron chi connectivity index (χ2n) is 9.24. The number of amides is 2. The predicted octanol–water partition coefficient (Wildman–Crippen LogP) is 4.44.